The van der Waals surface area contributed by atoms with Crippen LogP contribution >= 0.6 is 15.9 Å². The molecule has 1 N–H and O–H groups in total. The fraction of sp³-hybridized carbons (Fsp3) is 0.600. The van der Waals surface area contributed by atoms with Crippen LogP contribution in [-0.2, 0) is 0 Å². The first-order valence-electron chi connectivity index (χ1n) is 7.27. The smallest absolute Gasteiger partial charge is 0.163 e. The maximum absolute atomic E-state index is 5.64. The molecule has 4 nitrogen and oxygen atoms in total. The van der Waals surface area contributed by atoms with E-state index < -0.39 is 0 Å². The Bertz CT molecular complexity index is 481. The van der Waals surface area contributed by atoms with Gasteiger partial charge in [-0.25, -0.2) is 0 Å². The minimum absolute atomic E-state index is 0.615. The second-order valence-electron chi connectivity index (χ2n) is 5.49. The van der Waals surface area contributed by atoms with Gasteiger partial charge in [0.25, 0.3) is 0 Å². The summed E-state index contributed by atoms with van der Waals surface area (Å²) in [6.07, 6.45) is 3.92. The summed E-state index contributed by atoms with van der Waals surface area (Å²) >= 11 is 3.60. The van der Waals surface area contributed by atoms with E-state index in [-0.39, 0.29) is 0 Å². The number of anilines is 1. The Morgan fingerprint density at radius 3 is 2.75 bits per heavy atom. The second-order valence-corrected chi connectivity index (χ2v) is 6.34. The SMILES string of the molecule is CN1CCCCC1CNc1cc2c(cc1Br)OCCO2. The van der Waals surface area contributed by atoms with Crippen LogP contribution in [0.3, 0.4) is 0 Å². The lowest BCUT2D eigenvalue weighted by molar-refractivity contribution is 0.171. The number of likely N-dealkylation sites (tertiary alicyclic amines) is 1. The summed E-state index contributed by atoms with van der Waals surface area (Å²) in [5.74, 6) is 1.66. The van der Waals surface area contributed by atoms with Crippen molar-refractivity contribution in [2.24, 2.45) is 0 Å². The number of hydrogen-bond donors (Lipinski definition) is 1. The Balaban J connectivity index is 1.67. The van der Waals surface area contributed by atoms with Gasteiger partial charge in [-0.05, 0) is 42.4 Å². The number of halogens is 1. The van der Waals surface area contributed by atoms with Gasteiger partial charge in [0.15, 0.2) is 11.5 Å². The average molecular weight is 341 g/mol. The summed E-state index contributed by atoms with van der Waals surface area (Å²) in [5, 5.41) is 3.54. The van der Waals surface area contributed by atoms with E-state index in [1.807, 2.05) is 12.1 Å². The third kappa shape index (κ3) is 3.04. The van der Waals surface area contributed by atoms with Crippen molar-refractivity contribution in [3.63, 3.8) is 0 Å². The Kier molecular flexibility index (Phi) is 4.36. The minimum atomic E-state index is 0.615. The Hall–Kier alpha value is -0.940. The first-order valence-corrected chi connectivity index (χ1v) is 8.06. The standard InChI is InChI=1S/C15H21BrN2O2/c1-18-5-3-2-4-11(18)10-17-13-9-15-14(8-12(13)16)19-6-7-20-15/h8-9,11,17H,2-7,10H2,1H3. The zero-order chi connectivity index (χ0) is 13.9. The van der Waals surface area contributed by atoms with Gasteiger partial charge in [0.2, 0.25) is 0 Å². The Labute approximate surface area is 128 Å². The average Bonchev–Trinajstić information content (AvgIpc) is 2.46. The molecule has 0 saturated carbocycles. The van der Waals surface area contributed by atoms with E-state index in [0.717, 1.165) is 28.2 Å². The summed E-state index contributed by atoms with van der Waals surface area (Å²) in [7, 11) is 2.21. The van der Waals surface area contributed by atoms with Crippen LogP contribution in [-0.4, -0.2) is 44.3 Å². The van der Waals surface area contributed by atoms with Gasteiger partial charge in [-0.2, -0.15) is 0 Å². The molecule has 1 aromatic carbocycles. The fourth-order valence-electron chi connectivity index (χ4n) is 2.83. The number of ether oxygens (including phenoxy) is 2. The van der Waals surface area contributed by atoms with Gasteiger partial charge in [-0.15, -0.1) is 0 Å². The molecule has 1 aromatic rings. The number of rotatable bonds is 3. The number of hydrogen-bond acceptors (Lipinski definition) is 4. The molecule has 1 unspecified atom stereocenters. The fourth-order valence-corrected chi connectivity index (χ4v) is 3.29. The van der Waals surface area contributed by atoms with Crippen molar-refractivity contribution in [2.45, 2.75) is 25.3 Å². The molecule has 1 saturated heterocycles. The van der Waals surface area contributed by atoms with Crippen LogP contribution < -0.4 is 14.8 Å². The van der Waals surface area contributed by atoms with E-state index in [0.29, 0.717) is 19.3 Å². The molecular formula is C15H21BrN2O2. The van der Waals surface area contributed by atoms with E-state index >= 15 is 0 Å². The summed E-state index contributed by atoms with van der Waals surface area (Å²) < 4.78 is 12.2. The number of nitrogens with one attached hydrogen (secondary N) is 1. The largest absolute Gasteiger partial charge is 0.486 e. The first-order chi connectivity index (χ1) is 9.74. The van der Waals surface area contributed by atoms with Gasteiger partial charge in [0, 0.05) is 29.2 Å². The van der Waals surface area contributed by atoms with Gasteiger partial charge in [-0.3, -0.25) is 0 Å². The molecule has 0 radical (unpaired) electrons. The monoisotopic (exact) mass is 340 g/mol. The van der Waals surface area contributed by atoms with Gasteiger partial charge in [0.05, 0.1) is 5.69 Å². The first kappa shape index (κ1) is 14.0. The van der Waals surface area contributed by atoms with Crippen LogP contribution in [0, 0.1) is 0 Å². The molecule has 0 spiro atoms. The Morgan fingerprint density at radius 2 is 2.00 bits per heavy atom. The summed E-state index contributed by atoms with van der Waals surface area (Å²) in [6, 6.07) is 4.63. The van der Waals surface area contributed by atoms with Crippen molar-refractivity contribution in [1.82, 2.24) is 4.90 Å². The molecule has 3 rings (SSSR count). The molecule has 0 bridgehead atoms. The zero-order valence-electron chi connectivity index (χ0n) is 11.8. The zero-order valence-corrected chi connectivity index (χ0v) is 13.4. The molecule has 2 heterocycles. The van der Waals surface area contributed by atoms with Crippen LogP contribution in [0.2, 0.25) is 0 Å². The number of piperidine rings is 1. The van der Waals surface area contributed by atoms with E-state index in [9.17, 15) is 0 Å². The van der Waals surface area contributed by atoms with Crippen molar-refractivity contribution in [3.05, 3.63) is 16.6 Å². The molecule has 1 atom stereocenters. The predicted molar refractivity (Wildman–Crippen MR) is 83.9 cm³/mol. The molecule has 5 heteroatoms. The summed E-state index contributed by atoms with van der Waals surface area (Å²) in [5.41, 5.74) is 1.08. The third-order valence-electron chi connectivity index (χ3n) is 4.08. The highest BCUT2D eigenvalue weighted by Crippen LogP contribution is 2.38. The van der Waals surface area contributed by atoms with Crippen molar-refractivity contribution in [3.8, 4) is 11.5 Å². The molecule has 20 heavy (non-hydrogen) atoms. The van der Waals surface area contributed by atoms with E-state index in [1.165, 1.54) is 25.8 Å². The van der Waals surface area contributed by atoms with Crippen LogP contribution in [0.4, 0.5) is 5.69 Å². The van der Waals surface area contributed by atoms with E-state index in [2.05, 4.69) is 33.2 Å². The number of benzene rings is 1. The third-order valence-corrected chi connectivity index (χ3v) is 4.74. The summed E-state index contributed by atoms with van der Waals surface area (Å²) in [6.45, 7) is 3.42. The minimum Gasteiger partial charge on any atom is -0.486 e. The molecule has 110 valence electrons. The number of nitrogens with zero attached hydrogens (tertiary/aromatic N) is 1. The molecule has 0 amide bonds. The van der Waals surface area contributed by atoms with Gasteiger partial charge in [0.1, 0.15) is 13.2 Å². The van der Waals surface area contributed by atoms with Gasteiger partial charge < -0.3 is 19.7 Å². The molecule has 0 aliphatic carbocycles. The highest BCUT2D eigenvalue weighted by molar-refractivity contribution is 9.10. The number of likely N-dealkylation sites (N-methyl/N-ethyl adjacent to an activating group) is 1. The highest BCUT2D eigenvalue weighted by atomic mass is 79.9. The normalized spacial score (nSPS) is 22.6. The molecular weight excluding hydrogens is 320 g/mol. The molecule has 2 aliphatic rings. The molecule has 0 aromatic heterocycles. The lowest BCUT2D eigenvalue weighted by Crippen LogP contribution is -2.40. The van der Waals surface area contributed by atoms with Crippen LogP contribution in [0.25, 0.3) is 0 Å². The van der Waals surface area contributed by atoms with Crippen molar-refractivity contribution in [2.75, 3.05) is 38.7 Å². The van der Waals surface area contributed by atoms with E-state index in [1.54, 1.807) is 0 Å². The Morgan fingerprint density at radius 1 is 1.25 bits per heavy atom. The molecule has 2 aliphatic heterocycles. The predicted octanol–water partition coefficient (Wildman–Crippen LogP) is 3.12. The summed E-state index contributed by atoms with van der Waals surface area (Å²) in [4.78, 5) is 2.45. The second kappa shape index (κ2) is 6.22. The highest BCUT2D eigenvalue weighted by Gasteiger charge is 2.20. The maximum atomic E-state index is 5.64. The van der Waals surface area contributed by atoms with Crippen LogP contribution in [0.5, 0.6) is 11.5 Å². The van der Waals surface area contributed by atoms with E-state index in [4.69, 9.17) is 9.47 Å². The maximum Gasteiger partial charge on any atom is 0.163 e. The lowest BCUT2D eigenvalue weighted by Gasteiger charge is -2.33. The van der Waals surface area contributed by atoms with Crippen molar-refractivity contribution in [1.29, 1.82) is 0 Å². The van der Waals surface area contributed by atoms with Gasteiger partial charge in [-0.1, -0.05) is 6.42 Å². The van der Waals surface area contributed by atoms with Crippen molar-refractivity contribution < 1.29 is 9.47 Å². The van der Waals surface area contributed by atoms with Crippen molar-refractivity contribution >= 4 is 21.6 Å². The van der Waals surface area contributed by atoms with Gasteiger partial charge >= 0.3 is 0 Å². The quantitative estimate of drug-likeness (QED) is 0.916. The topological polar surface area (TPSA) is 33.7 Å². The number of fused-ring (bicyclic) bond motifs is 1. The van der Waals surface area contributed by atoms with Crippen LogP contribution in [0.15, 0.2) is 16.6 Å². The molecule has 1 fully saturated rings. The lowest BCUT2D eigenvalue weighted by atomic mass is 10.0. The van der Waals surface area contributed by atoms with Crippen LogP contribution in [0.1, 0.15) is 19.3 Å².